The maximum atomic E-state index is 13.8. The maximum absolute atomic E-state index is 13.8. The predicted octanol–water partition coefficient (Wildman–Crippen LogP) is 3.17. The molecule has 2 aliphatic carbocycles. The fourth-order valence-electron chi connectivity index (χ4n) is 7.35. The lowest BCUT2D eigenvalue weighted by Gasteiger charge is -2.43. The van der Waals surface area contributed by atoms with Crippen LogP contribution in [0.2, 0.25) is 0 Å². The topological polar surface area (TPSA) is 152 Å². The highest BCUT2D eigenvalue weighted by Gasteiger charge is 2.49. The SMILES string of the molecule is COc1cccc2c1C(=O)c1c(O)c3c(c(O)c1C2=O)C[C@@](O)(C(C)=O)C[C@@H]3OC1CC(N2CCCC2OC)CC(C)O1. The minimum absolute atomic E-state index is 0.00917. The lowest BCUT2D eigenvalue weighted by Crippen LogP contribution is -2.49. The number of likely N-dealkylation sites (tertiary alicyclic amines) is 1. The van der Waals surface area contributed by atoms with E-state index in [4.69, 9.17) is 18.9 Å². The Morgan fingerprint density at radius 2 is 1.81 bits per heavy atom. The molecule has 11 heteroatoms. The van der Waals surface area contributed by atoms with E-state index in [0.29, 0.717) is 6.42 Å². The summed E-state index contributed by atoms with van der Waals surface area (Å²) >= 11 is 0. The highest BCUT2D eigenvalue weighted by Crippen LogP contribution is 2.52. The van der Waals surface area contributed by atoms with Crippen molar-refractivity contribution < 1.29 is 48.7 Å². The second kappa shape index (κ2) is 11.0. The van der Waals surface area contributed by atoms with Gasteiger partial charge >= 0.3 is 0 Å². The van der Waals surface area contributed by atoms with Crippen molar-refractivity contribution in [3.8, 4) is 17.2 Å². The van der Waals surface area contributed by atoms with Gasteiger partial charge in [0.2, 0.25) is 5.78 Å². The number of fused-ring (bicyclic) bond motifs is 3. The fourth-order valence-corrected chi connectivity index (χ4v) is 7.35. The smallest absolute Gasteiger partial charge is 0.202 e. The molecular weight excluding hydrogens is 558 g/mol. The fraction of sp³-hybridized carbons (Fsp3) is 0.531. The van der Waals surface area contributed by atoms with Crippen molar-refractivity contribution in [1.82, 2.24) is 4.90 Å². The third-order valence-corrected chi connectivity index (χ3v) is 9.48. The van der Waals surface area contributed by atoms with Crippen LogP contribution < -0.4 is 4.74 Å². The predicted molar refractivity (Wildman–Crippen MR) is 152 cm³/mol. The van der Waals surface area contributed by atoms with E-state index in [9.17, 15) is 29.7 Å². The van der Waals surface area contributed by atoms with Crippen molar-refractivity contribution >= 4 is 17.3 Å². The summed E-state index contributed by atoms with van der Waals surface area (Å²) in [5, 5.41) is 34.7. The maximum Gasteiger partial charge on any atom is 0.202 e. The molecule has 2 heterocycles. The average Bonchev–Trinajstić information content (AvgIpc) is 3.46. The van der Waals surface area contributed by atoms with E-state index in [-0.39, 0.29) is 70.3 Å². The number of rotatable bonds is 6. The van der Waals surface area contributed by atoms with Gasteiger partial charge in [-0.1, -0.05) is 12.1 Å². The number of nitrogens with zero attached hydrogens (tertiary/aromatic N) is 1. The molecule has 4 aliphatic rings. The van der Waals surface area contributed by atoms with Gasteiger partial charge in [0.1, 0.15) is 29.1 Å². The molecule has 0 bridgehead atoms. The second-order valence-electron chi connectivity index (χ2n) is 12.0. The standard InChI is InChI=1S/C32H37NO10/c1-15-11-17(33-10-6-9-22(33)41-4)12-23(42-15)43-21-14-32(39,16(2)34)13-19-25(21)31(38)27-26(29(19)36)28(35)18-7-5-8-20(40-3)24(18)30(27)37/h5,7-8,15,17,21-23,36,38-39H,6,9-14H2,1-4H3/t15?,17?,21-,22?,23?,32-/m0/s1. The van der Waals surface area contributed by atoms with E-state index >= 15 is 0 Å². The van der Waals surface area contributed by atoms with Gasteiger partial charge in [-0.25, -0.2) is 0 Å². The highest BCUT2D eigenvalue weighted by atomic mass is 16.7. The third-order valence-electron chi connectivity index (χ3n) is 9.48. The van der Waals surface area contributed by atoms with E-state index < -0.39 is 46.8 Å². The highest BCUT2D eigenvalue weighted by molar-refractivity contribution is 6.31. The number of phenolic OH excluding ortho intramolecular Hbond substituents is 2. The van der Waals surface area contributed by atoms with Crippen LogP contribution in [0.1, 0.15) is 95.0 Å². The zero-order valence-corrected chi connectivity index (χ0v) is 24.7. The Labute approximate surface area is 249 Å². The summed E-state index contributed by atoms with van der Waals surface area (Å²) in [6.45, 7) is 4.05. The summed E-state index contributed by atoms with van der Waals surface area (Å²) in [6, 6.07) is 4.62. The first kappa shape index (κ1) is 29.7. The Morgan fingerprint density at radius 3 is 2.51 bits per heavy atom. The van der Waals surface area contributed by atoms with Crippen LogP contribution in [0.5, 0.6) is 17.2 Å². The van der Waals surface area contributed by atoms with Gasteiger partial charge in [-0.2, -0.15) is 0 Å². The summed E-state index contributed by atoms with van der Waals surface area (Å²) in [7, 11) is 3.06. The number of ether oxygens (including phenoxy) is 4. The lowest BCUT2D eigenvalue weighted by atomic mass is 9.72. The van der Waals surface area contributed by atoms with Crippen LogP contribution in [-0.4, -0.2) is 88.6 Å². The molecule has 3 N–H and O–H groups in total. The Morgan fingerprint density at radius 1 is 1.07 bits per heavy atom. The normalized spacial score (nSPS) is 30.5. The lowest BCUT2D eigenvalue weighted by molar-refractivity contribution is -0.237. The van der Waals surface area contributed by atoms with Crippen molar-refractivity contribution in [2.45, 2.75) is 88.7 Å². The minimum atomic E-state index is -1.95. The largest absolute Gasteiger partial charge is 0.507 e. The van der Waals surface area contributed by atoms with Crippen molar-refractivity contribution in [2.24, 2.45) is 0 Å². The molecule has 2 aromatic carbocycles. The molecule has 2 saturated heterocycles. The molecule has 0 aromatic heterocycles. The molecule has 2 aliphatic heterocycles. The van der Waals surface area contributed by atoms with Gasteiger partial charge in [0.05, 0.1) is 36.0 Å². The van der Waals surface area contributed by atoms with Crippen LogP contribution >= 0.6 is 0 Å². The Kier molecular flexibility index (Phi) is 7.58. The van der Waals surface area contributed by atoms with Gasteiger partial charge in [-0.15, -0.1) is 0 Å². The first-order valence-electron chi connectivity index (χ1n) is 14.7. The Balaban J connectivity index is 1.43. The van der Waals surface area contributed by atoms with Crippen LogP contribution in [0.15, 0.2) is 18.2 Å². The number of ketones is 3. The molecule has 6 atom stereocenters. The molecule has 0 saturated carbocycles. The number of aromatic hydroxyl groups is 2. The second-order valence-corrected chi connectivity index (χ2v) is 12.0. The summed E-state index contributed by atoms with van der Waals surface area (Å²) in [5.74, 6) is -2.88. The molecule has 43 heavy (non-hydrogen) atoms. The van der Waals surface area contributed by atoms with Gasteiger partial charge in [-0.05, 0) is 39.2 Å². The van der Waals surface area contributed by atoms with Crippen LogP contribution in [0.4, 0.5) is 0 Å². The van der Waals surface area contributed by atoms with Crippen molar-refractivity contribution in [2.75, 3.05) is 20.8 Å². The van der Waals surface area contributed by atoms with Crippen molar-refractivity contribution in [3.05, 3.63) is 51.6 Å². The molecule has 230 valence electrons. The zero-order chi connectivity index (χ0) is 30.8. The summed E-state index contributed by atoms with van der Waals surface area (Å²) in [6.07, 6.45) is 0.444. The molecule has 0 amide bonds. The van der Waals surface area contributed by atoms with Gasteiger partial charge in [0.25, 0.3) is 0 Å². The number of Topliss-reactive ketones (excluding diaryl/α,β-unsaturated/α-hetero) is 1. The van der Waals surface area contributed by atoms with Crippen LogP contribution in [-0.2, 0) is 25.4 Å². The van der Waals surface area contributed by atoms with Crippen LogP contribution in [0.3, 0.4) is 0 Å². The summed E-state index contributed by atoms with van der Waals surface area (Å²) in [4.78, 5) is 42.5. The van der Waals surface area contributed by atoms with Gasteiger partial charge in [0, 0.05) is 55.6 Å². The van der Waals surface area contributed by atoms with Crippen LogP contribution in [0.25, 0.3) is 0 Å². The molecular formula is C32H37NO10. The molecule has 2 aromatic rings. The molecule has 0 spiro atoms. The number of methoxy groups -OCH3 is 2. The summed E-state index contributed by atoms with van der Waals surface area (Å²) < 4.78 is 23.6. The monoisotopic (exact) mass is 595 g/mol. The van der Waals surface area contributed by atoms with Gasteiger partial charge in [0.15, 0.2) is 17.9 Å². The van der Waals surface area contributed by atoms with Crippen molar-refractivity contribution in [1.29, 1.82) is 0 Å². The number of carbonyl (C=O) groups is 3. The van der Waals surface area contributed by atoms with Crippen LogP contribution in [0, 0.1) is 0 Å². The number of phenols is 2. The quantitative estimate of drug-likeness (QED) is 0.360. The molecule has 0 radical (unpaired) electrons. The van der Waals surface area contributed by atoms with E-state index in [0.717, 1.165) is 25.8 Å². The molecule has 4 unspecified atom stereocenters. The Bertz CT molecular complexity index is 1500. The van der Waals surface area contributed by atoms with Crippen molar-refractivity contribution in [3.63, 3.8) is 0 Å². The number of hydrogen-bond donors (Lipinski definition) is 3. The zero-order valence-electron chi connectivity index (χ0n) is 24.7. The molecule has 11 nitrogen and oxygen atoms in total. The molecule has 6 rings (SSSR count). The Hall–Kier alpha value is -3.35. The first-order valence-corrected chi connectivity index (χ1v) is 14.7. The minimum Gasteiger partial charge on any atom is -0.507 e. The van der Waals surface area contributed by atoms with Gasteiger partial charge < -0.3 is 34.3 Å². The molecule has 2 fully saturated rings. The van der Waals surface area contributed by atoms with Gasteiger partial charge in [-0.3, -0.25) is 19.3 Å². The third kappa shape index (κ3) is 4.74. The first-order chi connectivity index (χ1) is 20.5. The number of benzene rings is 2. The number of carbonyl (C=O) groups excluding carboxylic acids is 3. The van der Waals surface area contributed by atoms with E-state index in [2.05, 4.69) is 4.90 Å². The van der Waals surface area contributed by atoms with E-state index in [1.54, 1.807) is 13.2 Å². The average molecular weight is 596 g/mol. The number of hydrogen-bond acceptors (Lipinski definition) is 11. The van der Waals surface area contributed by atoms with E-state index in [1.807, 2.05) is 6.92 Å². The van der Waals surface area contributed by atoms with E-state index in [1.165, 1.54) is 26.2 Å². The number of aliphatic hydroxyl groups is 1. The summed E-state index contributed by atoms with van der Waals surface area (Å²) in [5.41, 5.74) is -2.66.